The molecule has 0 spiro atoms. The lowest BCUT2D eigenvalue weighted by Gasteiger charge is -2.35. The molecule has 2 aliphatic rings. The molecule has 0 saturated carbocycles. The number of para-hydroxylation sites is 2. The third kappa shape index (κ3) is 5.68. The number of Topliss-reactive ketones (excluding diaryl/α,β-unsaturated/α-hetero) is 1. The van der Waals surface area contributed by atoms with Gasteiger partial charge in [0.1, 0.15) is 0 Å². The zero-order chi connectivity index (χ0) is 30.2. The molecule has 0 radical (unpaired) electrons. The third-order valence-electron chi connectivity index (χ3n) is 7.95. The number of carboxylic acid groups (broad SMARTS) is 1. The lowest BCUT2D eigenvalue weighted by atomic mass is 9.77. The fourth-order valence-electron chi connectivity index (χ4n) is 5.81. The Bertz CT molecular complexity index is 1600. The van der Waals surface area contributed by atoms with E-state index in [4.69, 9.17) is 0 Å². The number of rotatable bonds is 6. The molecule has 42 heavy (non-hydrogen) atoms. The number of amides is 1. The molecule has 5 rings (SSSR count). The Morgan fingerprint density at radius 2 is 1.69 bits per heavy atom. The van der Waals surface area contributed by atoms with Gasteiger partial charge >= 0.3 is 5.97 Å². The van der Waals surface area contributed by atoms with Crippen LogP contribution in [0.25, 0.3) is 0 Å². The molecule has 0 unspecified atom stereocenters. The topological polar surface area (TPSA) is 130 Å². The van der Waals surface area contributed by atoms with Crippen LogP contribution in [0.1, 0.15) is 75.1 Å². The van der Waals surface area contributed by atoms with Crippen molar-refractivity contribution < 1.29 is 24.4 Å². The lowest BCUT2D eigenvalue weighted by Crippen LogP contribution is -2.38. The number of fused-ring (bicyclic) bond motifs is 1. The van der Waals surface area contributed by atoms with Crippen molar-refractivity contribution in [2.24, 2.45) is 0 Å². The van der Waals surface area contributed by atoms with Crippen molar-refractivity contribution in [3.63, 3.8) is 0 Å². The highest BCUT2D eigenvalue weighted by Gasteiger charge is 2.42. The number of hydrogen-bond donors (Lipinski definition) is 2. The molecule has 9 heteroatoms. The first kappa shape index (κ1) is 28.7. The number of nitrogens with one attached hydrogen (secondary N) is 1. The van der Waals surface area contributed by atoms with Crippen LogP contribution in [0.4, 0.5) is 17.1 Å². The van der Waals surface area contributed by atoms with Gasteiger partial charge < -0.3 is 10.4 Å². The maximum absolute atomic E-state index is 14.1. The highest BCUT2D eigenvalue weighted by Crippen LogP contribution is 2.48. The van der Waals surface area contributed by atoms with Crippen molar-refractivity contribution in [2.75, 3.05) is 10.2 Å². The van der Waals surface area contributed by atoms with E-state index in [0.29, 0.717) is 34.6 Å². The number of carbonyl (C=O) groups is 3. The Hall–Kier alpha value is -4.79. The van der Waals surface area contributed by atoms with Crippen molar-refractivity contribution in [3.05, 3.63) is 111 Å². The minimum Gasteiger partial charge on any atom is -0.481 e. The van der Waals surface area contributed by atoms with Crippen LogP contribution in [-0.4, -0.2) is 27.7 Å². The van der Waals surface area contributed by atoms with E-state index >= 15 is 0 Å². The molecule has 0 bridgehead atoms. The molecule has 1 heterocycles. The zero-order valence-corrected chi connectivity index (χ0v) is 23.8. The zero-order valence-electron chi connectivity index (χ0n) is 23.8. The van der Waals surface area contributed by atoms with Crippen LogP contribution >= 0.6 is 0 Å². The first-order valence-electron chi connectivity index (χ1n) is 13.9. The third-order valence-corrected chi connectivity index (χ3v) is 7.95. The molecule has 9 nitrogen and oxygen atoms in total. The molecule has 3 aromatic rings. The second kappa shape index (κ2) is 11.2. The van der Waals surface area contributed by atoms with E-state index in [9.17, 15) is 29.6 Å². The number of nitrogens with zero attached hydrogens (tertiary/aromatic N) is 2. The molecule has 3 aromatic carbocycles. The molecule has 0 aromatic heterocycles. The van der Waals surface area contributed by atoms with E-state index in [2.05, 4.69) is 50.4 Å². The van der Waals surface area contributed by atoms with E-state index in [1.165, 1.54) is 28.7 Å². The van der Waals surface area contributed by atoms with Crippen molar-refractivity contribution >= 4 is 34.7 Å². The highest BCUT2D eigenvalue weighted by atomic mass is 16.6. The molecule has 0 saturated heterocycles. The number of benzene rings is 3. The summed E-state index contributed by atoms with van der Waals surface area (Å²) in [4.78, 5) is 51.9. The summed E-state index contributed by atoms with van der Waals surface area (Å²) in [5.41, 5.74) is 4.52. The van der Waals surface area contributed by atoms with Gasteiger partial charge in [0.15, 0.2) is 5.78 Å². The SMILES string of the molecule is CC(C)(C)c1ccc([C@H]2CC(=O)C3=C(C2)Nc2ccccc2N(C(=O)CCC(=O)O)[C@H]3c2cccc([N+](=O)[O-])c2)cc1. The van der Waals surface area contributed by atoms with Gasteiger partial charge in [-0.15, -0.1) is 0 Å². The largest absolute Gasteiger partial charge is 0.481 e. The molecule has 216 valence electrons. The molecular weight excluding hydrogens is 534 g/mol. The summed E-state index contributed by atoms with van der Waals surface area (Å²) in [5, 5.41) is 24.4. The summed E-state index contributed by atoms with van der Waals surface area (Å²) in [5.74, 6) is -1.89. The fraction of sp³-hybridized carbons (Fsp3) is 0.303. The average Bonchev–Trinajstić information content (AvgIpc) is 3.10. The summed E-state index contributed by atoms with van der Waals surface area (Å²) < 4.78 is 0. The van der Waals surface area contributed by atoms with Gasteiger partial charge in [0.05, 0.1) is 28.8 Å². The van der Waals surface area contributed by atoms with Crippen LogP contribution in [-0.2, 0) is 19.8 Å². The number of allylic oxidation sites excluding steroid dienone is 1. The predicted molar refractivity (Wildman–Crippen MR) is 159 cm³/mol. The van der Waals surface area contributed by atoms with Gasteiger partial charge in [0.2, 0.25) is 5.91 Å². The van der Waals surface area contributed by atoms with Gasteiger partial charge in [-0.3, -0.25) is 29.4 Å². The second-order valence-electron chi connectivity index (χ2n) is 11.8. The van der Waals surface area contributed by atoms with Crippen molar-refractivity contribution in [1.29, 1.82) is 0 Å². The molecule has 2 N–H and O–H groups in total. The molecule has 1 aliphatic carbocycles. The number of carbonyl (C=O) groups excluding carboxylic acids is 2. The maximum Gasteiger partial charge on any atom is 0.303 e. The Labute approximate surface area is 244 Å². The van der Waals surface area contributed by atoms with Crippen LogP contribution in [0.3, 0.4) is 0 Å². The Kier molecular flexibility index (Phi) is 7.69. The average molecular weight is 568 g/mol. The van der Waals surface area contributed by atoms with Gasteiger partial charge in [0, 0.05) is 36.2 Å². The monoisotopic (exact) mass is 567 g/mol. The van der Waals surface area contributed by atoms with E-state index in [1.54, 1.807) is 24.3 Å². The Balaban J connectivity index is 1.66. The van der Waals surface area contributed by atoms with Gasteiger partial charge in [-0.1, -0.05) is 69.3 Å². The molecule has 0 fully saturated rings. The second-order valence-corrected chi connectivity index (χ2v) is 11.8. The smallest absolute Gasteiger partial charge is 0.303 e. The van der Waals surface area contributed by atoms with E-state index in [0.717, 1.165) is 5.56 Å². The van der Waals surface area contributed by atoms with E-state index in [-0.39, 0.29) is 42.1 Å². The molecule has 1 amide bonds. The van der Waals surface area contributed by atoms with E-state index in [1.807, 2.05) is 6.07 Å². The summed E-state index contributed by atoms with van der Waals surface area (Å²) in [7, 11) is 0. The minimum atomic E-state index is -1.12. The first-order chi connectivity index (χ1) is 19.9. The number of hydrogen-bond acceptors (Lipinski definition) is 6. The van der Waals surface area contributed by atoms with Crippen LogP contribution in [0.2, 0.25) is 0 Å². The highest BCUT2D eigenvalue weighted by molar-refractivity contribution is 6.06. The number of nitro benzene ring substituents is 1. The quantitative estimate of drug-likeness (QED) is 0.252. The van der Waals surface area contributed by atoms with Crippen molar-refractivity contribution in [1.82, 2.24) is 0 Å². The summed E-state index contributed by atoms with van der Waals surface area (Å²) in [6, 6.07) is 20.4. The number of ketones is 1. The Morgan fingerprint density at radius 1 is 0.976 bits per heavy atom. The van der Waals surface area contributed by atoms with Crippen LogP contribution in [0, 0.1) is 10.1 Å². The summed E-state index contributed by atoms with van der Waals surface area (Å²) in [6.07, 6.45) is 0.00881. The maximum atomic E-state index is 14.1. The number of anilines is 2. The van der Waals surface area contributed by atoms with Gasteiger partial charge in [-0.25, -0.2) is 0 Å². The number of nitro groups is 1. The van der Waals surface area contributed by atoms with Crippen molar-refractivity contribution in [3.8, 4) is 0 Å². The Morgan fingerprint density at radius 3 is 2.36 bits per heavy atom. The van der Waals surface area contributed by atoms with Crippen LogP contribution in [0.15, 0.2) is 84.1 Å². The van der Waals surface area contributed by atoms with Gasteiger partial charge in [-0.2, -0.15) is 0 Å². The van der Waals surface area contributed by atoms with Crippen LogP contribution < -0.4 is 10.2 Å². The number of aliphatic carboxylic acids is 1. The lowest BCUT2D eigenvalue weighted by molar-refractivity contribution is -0.384. The fourth-order valence-corrected chi connectivity index (χ4v) is 5.81. The van der Waals surface area contributed by atoms with E-state index < -0.39 is 22.8 Å². The number of carboxylic acids is 1. The molecular formula is C33H33N3O6. The summed E-state index contributed by atoms with van der Waals surface area (Å²) in [6.45, 7) is 6.44. The first-order valence-corrected chi connectivity index (χ1v) is 13.9. The van der Waals surface area contributed by atoms with Crippen LogP contribution in [0.5, 0.6) is 0 Å². The molecule has 2 atom stereocenters. The van der Waals surface area contributed by atoms with Gasteiger partial charge in [0.25, 0.3) is 5.69 Å². The summed E-state index contributed by atoms with van der Waals surface area (Å²) >= 11 is 0. The minimum absolute atomic E-state index is 0.00862. The standard InChI is InChI=1S/C33H33N3O6/c1-33(2,3)23-13-11-20(12-14-23)22-18-26-31(28(37)19-22)32(21-7-6-8-24(17-21)36(41)42)35(29(38)15-16-30(39)40)27-10-5-4-9-25(27)34-26/h4-14,17,22,32,34H,15-16,18-19H2,1-3H3,(H,39,40)/t22-,32+/m1/s1. The number of non-ortho nitro benzene ring substituents is 1. The predicted octanol–water partition coefficient (Wildman–Crippen LogP) is 6.66. The van der Waals surface area contributed by atoms with Crippen molar-refractivity contribution in [2.45, 2.75) is 63.8 Å². The normalized spacial score (nSPS) is 18.5. The molecule has 1 aliphatic heterocycles. The van der Waals surface area contributed by atoms with Gasteiger partial charge in [-0.05, 0) is 46.6 Å².